The van der Waals surface area contributed by atoms with Gasteiger partial charge in [-0.3, -0.25) is 4.79 Å². The molecule has 1 nitrogen and oxygen atoms in total. The van der Waals surface area contributed by atoms with Gasteiger partial charge in [0.15, 0.2) is 5.78 Å². The molecule has 1 unspecified atom stereocenters. The van der Waals surface area contributed by atoms with Crippen LogP contribution in [0.25, 0.3) is 0 Å². The van der Waals surface area contributed by atoms with E-state index >= 15 is 0 Å². The average Bonchev–Trinajstić information content (AvgIpc) is 2.19. The first-order chi connectivity index (χ1) is 6.14. The Kier molecular flexibility index (Phi) is 1.62. The highest BCUT2D eigenvalue weighted by Crippen LogP contribution is 2.37. The second-order valence-electron chi connectivity index (χ2n) is 3.72. The van der Waals surface area contributed by atoms with E-state index in [0.717, 1.165) is 11.1 Å². The van der Waals surface area contributed by atoms with Crippen molar-refractivity contribution >= 4 is 5.78 Å². The first-order valence-corrected chi connectivity index (χ1v) is 4.44. The van der Waals surface area contributed by atoms with E-state index < -0.39 is 0 Å². The first kappa shape index (κ1) is 8.24. The van der Waals surface area contributed by atoms with Crippen LogP contribution < -0.4 is 0 Å². The first-order valence-electron chi connectivity index (χ1n) is 4.44. The Labute approximate surface area is 78.1 Å². The standard InChI is InChI=1S/C12H12O/c1-9-8-12(2,11(9)13)10-6-4-3-5-7-10/h3-8H,1-2H3. The van der Waals surface area contributed by atoms with Crippen LogP contribution in [0.4, 0.5) is 0 Å². The third-order valence-electron chi connectivity index (χ3n) is 2.71. The monoisotopic (exact) mass is 172 g/mol. The van der Waals surface area contributed by atoms with Gasteiger partial charge < -0.3 is 0 Å². The van der Waals surface area contributed by atoms with Crippen molar-refractivity contribution in [1.82, 2.24) is 0 Å². The van der Waals surface area contributed by atoms with Gasteiger partial charge in [0, 0.05) is 0 Å². The molecule has 0 amide bonds. The van der Waals surface area contributed by atoms with E-state index in [0.29, 0.717) is 0 Å². The lowest BCUT2D eigenvalue weighted by Crippen LogP contribution is -2.39. The Hall–Kier alpha value is -1.37. The van der Waals surface area contributed by atoms with Crippen molar-refractivity contribution in [2.75, 3.05) is 0 Å². The lowest BCUT2D eigenvalue weighted by Gasteiger charge is -2.33. The van der Waals surface area contributed by atoms with Crippen molar-refractivity contribution in [1.29, 1.82) is 0 Å². The van der Waals surface area contributed by atoms with Crippen LogP contribution in [0.15, 0.2) is 42.0 Å². The number of Topliss-reactive ketones (excluding diaryl/α,β-unsaturated/α-hetero) is 1. The zero-order valence-corrected chi connectivity index (χ0v) is 7.87. The smallest absolute Gasteiger partial charge is 0.172 e. The molecule has 66 valence electrons. The van der Waals surface area contributed by atoms with Crippen LogP contribution in [0.3, 0.4) is 0 Å². The summed E-state index contributed by atoms with van der Waals surface area (Å²) in [5.74, 6) is 0.249. The van der Waals surface area contributed by atoms with Crippen LogP contribution >= 0.6 is 0 Å². The summed E-state index contributed by atoms with van der Waals surface area (Å²) in [5, 5.41) is 0. The molecule has 0 bridgehead atoms. The highest BCUT2D eigenvalue weighted by atomic mass is 16.1. The normalized spacial score (nSPS) is 26.6. The Morgan fingerprint density at radius 2 is 1.77 bits per heavy atom. The maximum atomic E-state index is 11.6. The highest BCUT2D eigenvalue weighted by Gasteiger charge is 2.40. The van der Waals surface area contributed by atoms with Crippen LogP contribution in [0.1, 0.15) is 19.4 Å². The number of carbonyl (C=O) groups is 1. The number of ketones is 1. The van der Waals surface area contributed by atoms with Crippen LogP contribution in [-0.2, 0) is 10.2 Å². The van der Waals surface area contributed by atoms with E-state index in [1.807, 2.05) is 50.3 Å². The van der Waals surface area contributed by atoms with Gasteiger partial charge in [0.2, 0.25) is 0 Å². The second kappa shape index (κ2) is 2.56. The van der Waals surface area contributed by atoms with Crippen molar-refractivity contribution in [2.45, 2.75) is 19.3 Å². The lowest BCUT2D eigenvalue weighted by molar-refractivity contribution is -0.120. The fraction of sp³-hybridized carbons (Fsp3) is 0.250. The molecule has 0 heterocycles. The summed E-state index contributed by atoms with van der Waals surface area (Å²) in [5.41, 5.74) is 1.61. The summed E-state index contributed by atoms with van der Waals surface area (Å²) < 4.78 is 0. The summed E-state index contributed by atoms with van der Waals surface area (Å²) in [7, 11) is 0. The van der Waals surface area contributed by atoms with E-state index in [4.69, 9.17) is 0 Å². The molecule has 1 aromatic rings. The predicted octanol–water partition coefficient (Wildman–Crippen LogP) is 2.47. The molecule has 1 atom stereocenters. The number of rotatable bonds is 1. The summed E-state index contributed by atoms with van der Waals surface area (Å²) in [6.45, 7) is 3.84. The average molecular weight is 172 g/mol. The van der Waals surface area contributed by atoms with Crippen molar-refractivity contribution in [3.8, 4) is 0 Å². The molecule has 0 radical (unpaired) electrons. The molecule has 1 aromatic carbocycles. The third kappa shape index (κ3) is 1.04. The predicted molar refractivity (Wildman–Crippen MR) is 52.6 cm³/mol. The maximum Gasteiger partial charge on any atom is 0.172 e. The molecule has 0 saturated carbocycles. The molecule has 1 aliphatic carbocycles. The van der Waals surface area contributed by atoms with Gasteiger partial charge in [-0.15, -0.1) is 0 Å². The number of benzene rings is 1. The SMILES string of the molecule is CC1=CC(C)(c2ccccc2)C1=O. The van der Waals surface area contributed by atoms with Crippen LogP contribution in [0.5, 0.6) is 0 Å². The van der Waals surface area contributed by atoms with Gasteiger partial charge in [0.05, 0.1) is 5.41 Å². The van der Waals surface area contributed by atoms with Crippen molar-refractivity contribution in [3.63, 3.8) is 0 Å². The van der Waals surface area contributed by atoms with E-state index in [1.54, 1.807) is 0 Å². The Morgan fingerprint density at radius 3 is 2.23 bits per heavy atom. The van der Waals surface area contributed by atoms with E-state index in [2.05, 4.69) is 0 Å². The molecule has 0 spiro atoms. The topological polar surface area (TPSA) is 17.1 Å². The minimum absolute atomic E-state index is 0.249. The van der Waals surface area contributed by atoms with Gasteiger partial charge in [-0.2, -0.15) is 0 Å². The van der Waals surface area contributed by atoms with Crippen molar-refractivity contribution < 1.29 is 4.79 Å². The van der Waals surface area contributed by atoms with E-state index in [1.165, 1.54) is 0 Å². The van der Waals surface area contributed by atoms with Crippen molar-refractivity contribution in [3.05, 3.63) is 47.5 Å². The fourth-order valence-electron chi connectivity index (χ4n) is 1.89. The molecule has 0 fully saturated rings. The Balaban J connectivity index is 2.45. The summed E-state index contributed by atoms with van der Waals surface area (Å²) in [6.07, 6.45) is 2.03. The van der Waals surface area contributed by atoms with Crippen LogP contribution in [0.2, 0.25) is 0 Å². The van der Waals surface area contributed by atoms with Gasteiger partial charge in [-0.25, -0.2) is 0 Å². The molecule has 0 aromatic heterocycles. The minimum Gasteiger partial charge on any atom is -0.293 e. The van der Waals surface area contributed by atoms with E-state index in [9.17, 15) is 4.79 Å². The molecule has 1 heteroatoms. The summed E-state index contributed by atoms with van der Waals surface area (Å²) in [6, 6.07) is 9.90. The zero-order valence-electron chi connectivity index (χ0n) is 7.87. The molecule has 0 N–H and O–H groups in total. The van der Waals surface area contributed by atoms with Gasteiger partial charge in [-0.1, -0.05) is 36.4 Å². The molecular weight excluding hydrogens is 160 g/mol. The molecular formula is C12H12O. The van der Waals surface area contributed by atoms with Crippen LogP contribution in [0, 0.1) is 0 Å². The summed E-state index contributed by atoms with van der Waals surface area (Å²) >= 11 is 0. The highest BCUT2D eigenvalue weighted by molar-refractivity contribution is 6.11. The van der Waals surface area contributed by atoms with Crippen molar-refractivity contribution in [2.24, 2.45) is 0 Å². The van der Waals surface area contributed by atoms with Gasteiger partial charge in [-0.05, 0) is 25.0 Å². The Morgan fingerprint density at radius 1 is 1.15 bits per heavy atom. The lowest BCUT2D eigenvalue weighted by atomic mass is 9.67. The van der Waals surface area contributed by atoms with E-state index in [-0.39, 0.29) is 11.2 Å². The maximum absolute atomic E-state index is 11.6. The zero-order chi connectivity index (χ0) is 9.47. The van der Waals surface area contributed by atoms with Crippen LogP contribution in [-0.4, -0.2) is 5.78 Å². The van der Waals surface area contributed by atoms with Gasteiger partial charge >= 0.3 is 0 Å². The number of hydrogen-bond acceptors (Lipinski definition) is 1. The second-order valence-corrected chi connectivity index (χ2v) is 3.72. The number of carbonyl (C=O) groups excluding carboxylic acids is 1. The van der Waals surface area contributed by atoms with Gasteiger partial charge in [0.1, 0.15) is 0 Å². The molecule has 0 saturated heterocycles. The minimum atomic E-state index is -0.356. The quantitative estimate of drug-likeness (QED) is 0.636. The molecule has 13 heavy (non-hydrogen) atoms. The molecule has 2 rings (SSSR count). The third-order valence-corrected chi connectivity index (χ3v) is 2.71. The largest absolute Gasteiger partial charge is 0.293 e. The fourth-order valence-corrected chi connectivity index (χ4v) is 1.89. The van der Waals surface area contributed by atoms with Gasteiger partial charge in [0.25, 0.3) is 0 Å². The number of hydrogen-bond donors (Lipinski definition) is 0. The molecule has 0 aliphatic heterocycles. The Bertz CT molecular complexity index is 375. The molecule has 1 aliphatic rings. The summed E-state index contributed by atoms with van der Waals surface area (Å²) in [4.78, 5) is 11.6. The number of allylic oxidation sites excluding steroid dienone is 2.